The summed E-state index contributed by atoms with van der Waals surface area (Å²) in [6.07, 6.45) is 1.69. The average Bonchev–Trinajstić information content (AvgIpc) is 2.15. The Morgan fingerprint density at radius 3 is 2.75 bits per heavy atom. The molecule has 1 aliphatic rings. The number of rotatable bonds is 3. The normalized spacial score (nSPS) is 21.7. The molecule has 12 heavy (non-hydrogen) atoms. The Labute approximate surface area is 73.3 Å². The molecule has 1 atom stereocenters. The molecule has 3 nitrogen and oxygen atoms in total. The SMILES string of the molecule is CCOC(C#N)C1CCOCC1. The molecule has 1 fully saturated rings. The molecule has 3 heteroatoms. The van der Waals surface area contributed by atoms with Crippen LogP contribution in [0.3, 0.4) is 0 Å². The standard InChI is InChI=1S/C9H15NO2/c1-2-12-9(7-10)8-3-5-11-6-4-8/h8-9H,2-6H2,1H3. The van der Waals surface area contributed by atoms with E-state index in [0.717, 1.165) is 26.1 Å². The lowest BCUT2D eigenvalue weighted by atomic mass is 9.95. The summed E-state index contributed by atoms with van der Waals surface area (Å²) in [5.74, 6) is 0.378. The van der Waals surface area contributed by atoms with E-state index in [1.165, 1.54) is 0 Å². The number of hydrogen-bond donors (Lipinski definition) is 0. The molecule has 0 aliphatic carbocycles. The van der Waals surface area contributed by atoms with Gasteiger partial charge in [-0.3, -0.25) is 0 Å². The minimum absolute atomic E-state index is 0.223. The molecular weight excluding hydrogens is 154 g/mol. The minimum Gasteiger partial charge on any atom is -0.381 e. The second kappa shape index (κ2) is 5.13. The van der Waals surface area contributed by atoms with Crippen molar-refractivity contribution in [3.63, 3.8) is 0 Å². The van der Waals surface area contributed by atoms with Crippen LogP contribution in [0.1, 0.15) is 19.8 Å². The Morgan fingerprint density at radius 2 is 2.25 bits per heavy atom. The molecule has 0 bridgehead atoms. The van der Waals surface area contributed by atoms with Gasteiger partial charge >= 0.3 is 0 Å². The summed E-state index contributed by atoms with van der Waals surface area (Å²) in [5.41, 5.74) is 0. The van der Waals surface area contributed by atoms with Crippen molar-refractivity contribution in [2.75, 3.05) is 19.8 Å². The van der Waals surface area contributed by atoms with Crippen molar-refractivity contribution in [2.45, 2.75) is 25.9 Å². The Bertz CT molecular complexity index is 158. The molecule has 0 aromatic carbocycles. The first-order valence-electron chi connectivity index (χ1n) is 4.47. The molecule has 0 saturated carbocycles. The lowest BCUT2D eigenvalue weighted by Gasteiger charge is -2.25. The summed E-state index contributed by atoms with van der Waals surface area (Å²) in [6.45, 7) is 4.09. The van der Waals surface area contributed by atoms with E-state index in [0.29, 0.717) is 12.5 Å². The molecule has 0 amide bonds. The van der Waals surface area contributed by atoms with Gasteiger partial charge in [0.05, 0.1) is 6.07 Å². The first kappa shape index (κ1) is 9.50. The van der Waals surface area contributed by atoms with E-state index in [-0.39, 0.29) is 6.10 Å². The number of nitriles is 1. The maximum Gasteiger partial charge on any atom is 0.146 e. The van der Waals surface area contributed by atoms with Crippen LogP contribution in [0.15, 0.2) is 0 Å². The minimum atomic E-state index is -0.223. The maximum atomic E-state index is 8.79. The predicted molar refractivity (Wildman–Crippen MR) is 44.6 cm³/mol. The van der Waals surface area contributed by atoms with E-state index in [9.17, 15) is 0 Å². The molecule has 1 rings (SSSR count). The summed E-state index contributed by atoms with van der Waals surface area (Å²) >= 11 is 0. The number of nitrogens with zero attached hydrogens (tertiary/aromatic N) is 1. The summed E-state index contributed by atoms with van der Waals surface area (Å²) in [6, 6.07) is 2.19. The fourth-order valence-corrected chi connectivity index (χ4v) is 1.48. The maximum absolute atomic E-state index is 8.79. The van der Waals surface area contributed by atoms with Crippen LogP contribution in [0.5, 0.6) is 0 Å². The van der Waals surface area contributed by atoms with Gasteiger partial charge in [-0.05, 0) is 19.8 Å². The van der Waals surface area contributed by atoms with Gasteiger partial charge in [-0.25, -0.2) is 0 Å². The van der Waals surface area contributed by atoms with Gasteiger partial charge < -0.3 is 9.47 Å². The largest absolute Gasteiger partial charge is 0.381 e. The highest BCUT2D eigenvalue weighted by atomic mass is 16.5. The highest BCUT2D eigenvalue weighted by molar-refractivity contribution is 4.90. The van der Waals surface area contributed by atoms with Crippen LogP contribution >= 0.6 is 0 Å². The highest BCUT2D eigenvalue weighted by Crippen LogP contribution is 2.20. The third-order valence-corrected chi connectivity index (χ3v) is 2.17. The Morgan fingerprint density at radius 1 is 1.58 bits per heavy atom. The van der Waals surface area contributed by atoms with Gasteiger partial charge in [-0.2, -0.15) is 5.26 Å². The van der Waals surface area contributed by atoms with E-state index in [1.807, 2.05) is 6.92 Å². The van der Waals surface area contributed by atoms with Crippen molar-refractivity contribution in [3.8, 4) is 6.07 Å². The van der Waals surface area contributed by atoms with Crippen LogP contribution in [0, 0.1) is 17.2 Å². The first-order valence-corrected chi connectivity index (χ1v) is 4.47. The molecule has 0 aromatic heterocycles. The molecule has 68 valence electrons. The van der Waals surface area contributed by atoms with E-state index in [2.05, 4.69) is 6.07 Å². The lowest BCUT2D eigenvalue weighted by molar-refractivity contribution is -0.00436. The van der Waals surface area contributed by atoms with Crippen molar-refractivity contribution in [2.24, 2.45) is 5.92 Å². The van der Waals surface area contributed by atoms with Crippen LogP contribution in [-0.2, 0) is 9.47 Å². The summed E-state index contributed by atoms with van der Waals surface area (Å²) in [5, 5.41) is 8.79. The van der Waals surface area contributed by atoms with Gasteiger partial charge in [0.15, 0.2) is 0 Å². The smallest absolute Gasteiger partial charge is 0.146 e. The zero-order chi connectivity index (χ0) is 8.81. The second-order valence-electron chi connectivity index (χ2n) is 2.95. The monoisotopic (exact) mass is 169 g/mol. The second-order valence-corrected chi connectivity index (χ2v) is 2.95. The van der Waals surface area contributed by atoms with Gasteiger partial charge in [-0.15, -0.1) is 0 Å². The van der Waals surface area contributed by atoms with Crippen molar-refractivity contribution >= 4 is 0 Å². The van der Waals surface area contributed by atoms with Gasteiger partial charge in [0.25, 0.3) is 0 Å². The van der Waals surface area contributed by atoms with Gasteiger partial charge in [0.2, 0.25) is 0 Å². The third kappa shape index (κ3) is 2.47. The topological polar surface area (TPSA) is 42.2 Å². The average molecular weight is 169 g/mol. The van der Waals surface area contributed by atoms with E-state index < -0.39 is 0 Å². The summed E-state index contributed by atoms with van der Waals surface area (Å²) < 4.78 is 10.5. The molecule has 0 spiro atoms. The lowest BCUT2D eigenvalue weighted by Crippen LogP contribution is -2.28. The van der Waals surface area contributed by atoms with Gasteiger partial charge in [0.1, 0.15) is 6.10 Å². The number of hydrogen-bond acceptors (Lipinski definition) is 3. The van der Waals surface area contributed by atoms with E-state index >= 15 is 0 Å². The van der Waals surface area contributed by atoms with Crippen molar-refractivity contribution in [3.05, 3.63) is 0 Å². The molecule has 1 unspecified atom stereocenters. The van der Waals surface area contributed by atoms with E-state index in [1.54, 1.807) is 0 Å². The third-order valence-electron chi connectivity index (χ3n) is 2.17. The van der Waals surface area contributed by atoms with Crippen molar-refractivity contribution in [1.82, 2.24) is 0 Å². The van der Waals surface area contributed by atoms with Crippen LogP contribution < -0.4 is 0 Å². The predicted octanol–water partition coefficient (Wildman–Crippen LogP) is 1.34. The Balaban J connectivity index is 2.36. The fourth-order valence-electron chi connectivity index (χ4n) is 1.48. The summed E-state index contributed by atoms with van der Waals surface area (Å²) in [4.78, 5) is 0. The molecule has 0 aromatic rings. The number of ether oxygens (including phenoxy) is 2. The molecule has 1 saturated heterocycles. The fraction of sp³-hybridized carbons (Fsp3) is 0.889. The summed E-state index contributed by atoms with van der Waals surface area (Å²) in [7, 11) is 0. The van der Waals surface area contributed by atoms with Gasteiger partial charge in [0, 0.05) is 25.7 Å². The molecule has 0 radical (unpaired) electrons. The van der Waals surface area contributed by atoms with Crippen molar-refractivity contribution < 1.29 is 9.47 Å². The first-order chi connectivity index (χ1) is 5.88. The Hall–Kier alpha value is -0.590. The molecular formula is C9H15NO2. The molecule has 1 aliphatic heterocycles. The van der Waals surface area contributed by atoms with Crippen LogP contribution in [0.4, 0.5) is 0 Å². The van der Waals surface area contributed by atoms with Crippen LogP contribution in [0.2, 0.25) is 0 Å². The Kier molecular flexibility index (Phi) is 4.06. The van der Waals surface area contributed by atoms with Gasteiger partial charge in [-0.1, -0.05) is 0 Å². The molecule has 0 N–H and O–H groups in total. The van der Waals surface area contributed by atoms with Crippen LogP contribution in [-0.4, -0.2) is 25.9 Å². The zero-order valence-corrected chi connectivity index (χ0v) is 7.45. The van der Waals surface area contributed by atoms with Crippen molar-refractivity contribution in [1.29, 1.82) is 5.26 Å². The van der Waals surface area contributed by atoms with E-state index in [4.69, 9.17) is 14.7 Å². The van der Waals surface area contributed by atoms with Crippen LogP contribution in [0.25, 0.3) is 0 Å². The molecule has 1 heterocycles. The quantitative estimate of drug-likeness (QED) is 0.640. The highest BCUT2D eigenvalue weighted by Gasteiger charge is 2.23. The zero-order valence-electron chi connectivity index (χ0n) is 7.45.